The fourth-order valence-corrected chi connectivity index (χ4v) is 2.00. The first kappa shape index (κ1) is 10.5. The minimum atomic E-state index is -0.0895. The third-order valence-electron chi connectivity index (χ3n) is 2.28. The van der Waals surface area contributed by atoms with Gasteiger partial charge in [0.05, 0.1) is 5.02 Å². The molecule has 2 heterocycles. The molecule has 5 heteroatoms. The molecule has 0 bridgehead atoms. The lowest BCUT2D eigenvalue weighted by atomic mass is 10.2. The first-order valence-corrected chi connectivity index (χ1v) is 5.08. The summed E-state index contributed by atoms with van der Waals surface area (Å²) in [6.45, 7) is 1.74. The van der Waals surface area contributed by atoms with Crippen LogP contribution >= 0.6 is 23.2 Å². The van der Waals surface area contributed by atoms with E-state index in [0.29, 0.717) is 16.2 Å². The van der Waals surface area contributed by atoms with E-state index >= 15 is 0 Å². The normalized spacial score (nSPS) is 10.9. The summed E-state index contributed by atoms with van der Waals surface area (Å²) >= 11 is 11.8. The van der Waals surface area contributed by atoms with E-state index in [9.17, 15) is 4.79 Å². The van der Waals surface area contributed by atoms with E-state index in [2.05, 4.69) is 4.98 Å². The molecule has 0 radical (unpaired) electrons. The van der Waals surface area contributed by atoms with E-state index in [4.69, 9.17) is 23.2 Å². The molecule has 0 aliphatic carbocycles. The molecule has 0 saturated carbocycles. The van der Waals surface area contributed by atoms with Gasteiger partial charge in [-0.05, 0) is 19.1 Å². The van der Waals surface area contributed by atoms with Crippen LogP contribution in [-0.2, 0) is 7.05 Å². The lowest BCUT2D eigenvalue weighted by molar-refractivity contribution is 0.876. The number of hydrogen-bond donors (Lipinski definition) is 0. The zero-order valence-corrected chi connectivity index (χ0v) is 9.73. The Morgan fingerprint density at radius 2 is 2.00 bits per heavy atom. The van der Waals surface area contributed by atoms with Crippen LogP contribution in [0.3, 0.4) is 0 Å². The number of fused-ring (bicyclic) bond motifs is 1. The number of pyridine rings is 2. The molecule has 15 heavy (non-hydrogen) atoms. The molecule has 0 amide bonds. The number of aryl methyl sites for hydroxylation is 2. The van der Waals surface area contributed by atoms with Gasteiger partial charge >= 0.3 is 0 Å². The average molecular weight is 243 g/mol. The maximum absolute atomic E-state index is 11.6. The Kier molecular flexibility index (Phi) is 2.44. The maximum atomic E-state index is 11.6. The third-order valence-corrected chi connectivity index (χ3v) is 2.78. The summed E-state index contributed by atoms with van der Waals surface area (Å²) in [6, 6.07) is 3.29. The Balaban J connectivity index is 3.05. The standard InChI is InChI=1S/C10H8Cl2N2O/c1-5-3-6-7(11)4-8(12)13-9(6)14(2)10(5)15/h3-4H,1-2H3. The van der Waals surface area contributed by atoms with Crippen molar-refractivity contribution in [2.45, 2.75) is 6.92 Å². The molecule has 78 valence electrons. The molecular formula is C10H8Cl2N2O. The number of nitrogens with zero attached hydrogens (tertiary/aromatic N) is 2. The second-order valence-electron chi connectivity index (χ2n) is 3.36. The number of hydrogen-bond acceptors (Lipinski definition) is 2. The maximum Gasteiger partial charge on any atom is 0.254 e. The Labute approximate surface area is 96.3 Å². The van der Waals surface area contributed by atoms with Gasteiger partial charge in [-0.25, -0.2) is 4.98 Å². The van der Waals surface area contributed by atoms with Crippen molar-refractivity contribution >= 4 is 34.2 Å². The van der Waals surface area contributed by atoms with Crippen molar-refractivity contribution in [2.75, 3.05) is 0 Å². The molecule has 0 N–H and O–H groups in total. The molecule has 2 rings (SSSR count). The van der Waals surface area contributed by atoms with Gasteiger partial charge in [0.25, 0.3) is 5.56 Å². The topological polar surface area (TPSA) is 34.9 Å². The summed E-state index contributed by atoms with van der Waals surface area (Å²) in [6.07, 6.45) is 0. The Morgan fingerprint density at radius 3 is 2.67 bits per heavy atom. The quantitative estimate of drug-likeness (QED) is 0.666. The van der Waals surface area contributed by atoms with Crippen LogP contribution < -0.4 is 5.56 Å². The average Bonchev–Trinajstić information content (AvgIpc) is 2.17. The first-order chi connectivity index (χ1) is 7.00. The van der Waals surface area contributed by atoms with Crippen molar-refractivity contribution in [2.24, 2.45) is 7.05 Å². The Morgan fingerprint density at radius 1 is 1.33 bits per heavy atom. The summed E-state index contributed by atoms with van der Waals surface area (Å²) in [5.41, 5.74) is 1.05. The second kappa shape index (κ2) is 3.51. The van der Waals surface area contributed by atoms with E-state index in [1.54, 1.807) is 26.1 Å². The molecule has 0 unspecified atom stereocenters. The summed E-state index contributed by atoms with van der Waals surface area (Å²) in [4.78, 5) is 15.7. The zero-order chi connectivity index (χ0) is 11.2. The van der Waals surface area contributed by atoms with Crippen LogP contribution in [0.5, 0.6) is 0 Å². The van der Waals surface area contributed by atoms with Crippen molar-refractivity contribution in [1.29, 1.82) is 0 Å². The fraction of sp³-hybridized carbons (Fsp3) is 0.200. The molecule has 0 spiro atoms. The van der Waals surface area contributed by atoms with E-state index < -0.39 is 0 Å². The Hall–Kier alpha value is -1.06. The Bertz CT molecular complexity index is 604. The van der Waals surface area contributed by atoms with Gasteiger partial charge in [0, 0.05) is 18.0 Å². The van der Waals surface area contributed by atoms with E-state index in [-0.39, 0.29) is 10.7 Å². The predicted molar refractivity (Wildman–Crippen MR) is 61.7 cm³/mol. The van der Waals surface area contributed by atoms with Gasteiger partial charge in [0.2, 0.25) is 0 Å². The predicted octanol–water partition coefficient (Wildman–Crippen LogP) is 2.55. The van der Waals surface area contributed by atoms with Crippen LogP contribution in [0.25, 0.3) is 11.0 Å². The highest BCUT2D eigenvalue weighted by Crippen LogP contribution is 2.24. The summed E-state index contributed by atoms with van der Waals surface area (Å²) in [7, 11) is 1.65. The van der Waals surface area contributed by atoms with Gasteiger partial charge in [-0.3, -0.25) is 9.36 Å². The smallest absolute Gasteiger partial charge is 0.254 e. The molecule has 2 aromatic heterocycles. The lowest BCUT2D eigenvalue weighted by Gasteiger charge is -2.07. The monoisotopic (exact) mass is 242 g/mol. The first-order valence-electron chi connectivity index (χ1n) is 4.33. The molecule has 3 nitrogen and oxygen atoms in total. The minimum absolute atomic E-state index is 0.0895. The fourth-order valence-electron chi connectivity index (χ4n) is 1.51. The van der Waals surface area contributed by atoms with E-state index in [1.165, 1.54) is 4.57 Å². The molecule has 0 atom stereocenters. The van der Waals surface area contributed by atoms with Crippen LogP contribution in [0.15, 0.2) is 16.9 Å². The minimum Gasteiger partial charge on any atom is -0.296 e. The van der Waals surface area contributed by atoms with Gasteiger partial charge in [0.15, 0.2) is 0 Å². The molecule has 0 aliphatic heterocycles. The van der Waals surface area contributed by atoms with Crippen molar-refractivity contribution in [1.82, 2.24) is 9.55 Å². The molecule has 0 aromatic carbocycles. The van der Waals surface area contributed by atoms with Crippen molar-refractivity contribution in [3.05, 3.63) is 38.2 Å². The van der Waals surface area contributed by atoms with Gasteiger partial charge in [-0.2, -0.15) is 0 Å². The van der Waals surface area contributed by atoms with Gasteiger partial charge < -0.3 is 0 Å². The number of aromatic nitrogens is 2. The van der Waals surface area contributed by atoms with Crippen molar-refractivity contribution < 1.29 is 0 Å². The molecule has 0 fully saturated rings. The highest BCUT2D eigenvalue weighted by Gasteiger charge is 2.08. The number of rotatable bonds is 0. The molecule has 0 aliphatic rings. The molecule has 2 aromatic rings. The SMILES string of the molecule is Cc1cc2c(Cl)cc(Cl)nc2n(C)c1=O. The highest BCUT2D eigenvalue weighted by atomic mass is 35.5. The molecule has 0 saturated heterocycles. The lowest BCUT2D eigenvalue weighted by Crippen LogP contribution is -2.20. The highest BCUT2D eigenvalue weighted by molar-refractivity contribution is 6.37. The van der Waals surface area contributed by atoms with Crippen LogP contribution in [0.4, 0.5) is 0 Å². The van der Waals surface area contributed by atoms with Gasteiger partial charge in [0.1, 0.15) is 10.8 Å². The largest absolute Gasteiger partial charge is 0.296 e. The third kappa shape index (κ3) is 1.62. The van der Waals surface area contributed by atoms with Gasteiger partial charge in [-0.15, -0.1) is 0 Å². The van der Waals surface area contributed by atoms with Crippen LogP contribution in [0.1, 0.15) is 5.56 Å². The van der Waals surface area contributed by atoms with Gasteiger partial charge in [-0.1, -0.05) is 23.2 Å². The number of halogens is 2. The van der Waals surface area contributed by atoms with E-state index in [0.717, 1.165) is 5.39 Å². The summed E-state index contributed by atoms with van der Waals surface area (Å²) in [5, 5.41) is 1.52. The zero-order valence-electron chi connectivity index (χ0n) is 8.21. The summed E-state index contributed by atoms with van der Waals surface area (Å²) < 4.78 is 1.45. The molecular weight excluding hydrogens is 235 g/mol. The van der Waals surface area contributed by atoms with Crippen LogP contribution in [-0.4, -0.2) is 9.55 Å². The van der Waals surface area contributed by atoms with Crippen molar-refractivity contribution in [3.63, 3.8) is 0 Å². The van der Waals surface area contributed by atoms with Crippen LogP contribution in [0, 0.1) is 6.92 Å². The summed E-state index contributed by atoms with van der Waals surface area (Å²) in [5.74, 6) is 0. The van der Waals surface area contributed by atoms with E-state index in [1.807, 2.05) is 0 Å². The van der Waals surface area contributed by atoms with Crippen molar-refractivity contribution in [3.8, 4) is 0 Å². The second-order valence-corrected chi connectivity index (χ2v) is 4.15. The van der Waals surface area contributed by atoms with Crippen LogP contribution in [0.2, 0.25) is 10.2 Å².